The van der Waals surface area contributed by atoms with Crippen molar-refractivity contribution in [3.05, 3.63) is 65.5 Å². The lowest BCUT2D eigenvalue weighted by atomic mass is 10.1. The first-order valence-corrected chi connectivity index (χ1v) is 8.05. The summed E-state index contributed by atoms with van der Waals surface area (Å²) in [6, 6.07) is 14.8. The predicted octanol–water partition coefficient (Wildman–Crippen LogP) is 2.65. The van der Waals surface area contributed by atoms with Gasteiger partial charge in [-0.25, -0.2) is 0 Å². The van der Waals surface area contributed by atoms with Gasteiger partial charge >= 0.3 is 0 Å². The van der Waals surface area contributed by atoms with E-state index in [2.05, 4.69) is 15.5 Å². The minimum Gasteiger partial charge on any atom is -0.508 e. The topological polar surface area (TPSA) is 88.2 Å². The largest absolute Gasteiger partial charge is 0.508 e. The molecule has 0 saturated heterocycles. The van der Waals surface area contributed by atoms with E-state index in [1.165, 1.54) is 0 Å². The van der Waals surface area contributed by atoms with Gasteiger partial charge in [-0.15, -0.1) is 0 Å². The van der Waals surface area contributed by atoms with Crippen LogP contribution in [-0.4, -0.2) is 27.7 Å². The number of para-hydroxylation sites is 1. The number of carbonyl (C=O) groups excluding carboxylic acids is 1. The molecular weight excluding hydrogens is 318 g/mol. The number of aromatic hydroxyl groups is 1. The van der Waals surface area contributed by atoms with Gasteiger partial charge in [0.2, 0.25) is 17.6 Å². The van der Waals surface area contributed by atoms with Crippen LogP contribution < -0.4 is 5.32 Å². The van der Waals surface area contributed by atoms with Gasteiger partial charge in [-0.05, 0) is 30.5 Å². The number of amides is 1. The number of benzene rings is 2. The number of nitrogens with one attached hydrogen (secondary N) is 1. The van der Waals surface area contributed by atoms with E-state index in [1.807, 2.05) is 43.3 Å². The van der Waals surface area contributed by atoms with Crippen molar-refractivity contribution in [2.45, 2.75) is 19.8 Å². The fourth-order valence-corrected chi connectivity index (χ4v) is 2.52. The Balaban J connectivity index is 1.54. The molecule has 0 aliphatic carbocycles. The van der Waals surface area contributed by atoms with Crippen LogP contribution in [0.2, 0.25) is 0 Å². The first-order chi connectivity index (χ1) is 12.1. The molecule has 2 N–H and O–H groups in total. The van der Waals surface area contributed by atoms with Crippen LogP contribution in [0.1, 0.15) is 17.0 Å². The van der Waals surface area contributed by atoms with Gasteiger partial charge in [0.05, 0.1) is 0 Å². The molecule has 2 aromatic carbocycles. The molecule has 128 valence electrons. The van der Waals surface area contributed by atoms with Gasteiger partial charge in [0.1, 0.15) is 12.2 Å². The van der Waals surface area contributed by atoms with Crippen LogP contribution in [0.25, 0.3) is 11.4 Å². The summed E-state index contributed by atoms with van der Waals surface area (Å²) in [6.07, 6.45) is 0.580. The Morgan fingerprint density at radius 1 is 1.16 bits per heavy atom. The fourth-order valence-electron chi connectivity index (χ4n) is 2.52. The number of hydrogen-bond donors (Lipinski definition) is 2. The van der Waals surface area contributed by atoms with E-state index >= 15 is 0 Å². The predicted molar refractivity (Wildman–Crippen MR) is 93.0 cm³/mol. The molecule has 0 aliphatic rings. The third-order valence-corrected chi connectivity index (χ3v) is 3.87. The van der Waals surface area contributed by atoms with Crippen molar-refractivity contribution in [1.82, 2.24) is 15.5 Å². The molecule has 0 unspecified atom stereocenters. The maximum atomic E-state index is 12.0. The highest BCUT2D eigenvalue weighted by Gasteiger charge is 2.13. The number of aromatic nitrogens is 2. The number of nitrogens with zero attached hydrogens (tertiary/aromatic N) is 2. The molecule has 0 fully saturated rings. The number of hydrogen-bond acceptors (Lipinski definition) is 5. The Bertz CT molecular complexity index is 874. The zero-order valence-corrected chi connectivity index (χ0v) is 13.9. The van der Waals surface area contributed by atoms with E-state index in [4.69, 9.17) is 4.52 Å². The molecule has 0 aliphatic heterocycles. The highest BCUT2D eigenvalue weighted by atomic mass is 16.5. The van der Waals surface area contributed by atoms with Gasteiger partial charge in [-0.1, -0.05) is 47.6 Å². The van der Waals surface area contributed by atoms with E-state index in [9.17, 15) is 9.90 Å². The molecule has 0 atom stereocenters. The number of carbonyl (C=O) groups is 1. The molecule has 0 bridgehead atoms. The van der Waals surface area contributed by atoms with Gasteiger partial charge in [-0.3, -0.25) is 4.79 Å². The molecule has 3 aromatic rings. The minimum atomic E-state index is -0.199. The third kappa shape index (κ3) is 4.23. The second-order valence-corrected chi connectivity index (χ2v) is 5.73. The molecule has 1 amide bonds. The Hall–Kier alpha value is -3.15. The monoisotopic (exact) mass is 337 g/mol. The lowest BCUT2D eigenvalue weighted by Gasteiger charge is -2.05. The van der Waals surface area contributed by atoms with Crippen LogP contribution in [0.4, 0.5) is 0 Å². The molecule has 0 spiro atoms. The molecule has 6 nitrogen and oxygen atoms in total. The SMILES string of the molecule is Cc1ccccc1-c1noc(CC(=O)NCCc2ccccc2O)n1. The number of phenols is 1. The Labute approximate surface area is 145 Å². The minimum absolute atomic E-state index is 0.0274. The zero-order valence-electron chi connectivity index (χ0n) is 13.9. The van der Waals surface area contributed by atoms with Crippen molar-refractivity contribution in [2.75, 3.05) is 6.54 Å². The summed E-state index contributed by atoms with van der Waals surface area (Å²) in [7, 11) is 0. The highest BCUT2D eigenvalue weighted by Crippen LogP contribution is 2.20. The molecule has 6 heteroatoms. The van der Waals surface area contributed by atoms with Gasteiger partial charge < -0.3 is 14.9 Å². The normalized spacial score (nSPS) is 10.6. The third-order valence-electron chi connectivity index (χ3n) is 3.87. The van der Waals surface area contributed by atoms with Crippen LogP contribution in [0.15, 0.2) is 53.1 Å². The van der Waals surface area contributed by atoms with Crippen molar-refractivity contribution in [3.8, 4) is 17.1 Å². The van der Waals surface area contributed by atoms with Gasteiger partial charge in [0.25, 0.3) is 0 Å². The van der Waals surface area contributed by atoms with E-state index in [-0.39, 0.29) is 24.0 Å². The maximum absolute atomic E-state index is 12.0. The molecule has 3 rings (SSSR count). The Morgan fingerprint density at radius 3 is 2.72 bits per heavy atom. The Kier molecular flexibility index (Phi) is 5.09. The first-order valence-electron chi connectivity index (χ1n) is 8.05. The van der Waals surface area contributed by atoms with Gasteiger partial charge in [0.15, 0.2) is 0 Å². The van der Waals surface area contributed by atoms with Gasteiger partial charge in [0, 0.05) is 12.1 Å². The molecule has 0 saturated carbocycles. The van der Waals surface area contributed by atoms with Crippen LogP contribution in [-0.2, 0) is 17.6 Å². The van der Waals surface area contributed by atoms with Crippen LogP contribution in [0, 0.1) is 6.92 Å². The fraction of sp³-hybridized carbons (Fsp3) is 0.211. The van der Waals surface area contributed by atoms with Crippen LogP contribution in [0.5, 0.6) is 5.75 Å². The maximum Gasteiger partial charge on any atom is 0.236 e. The molecular formula is C19H19N3O3. The lowest BCUT2D eigenvalue weighted by Crippen LogP contribution is -2.27. The lowest BCUT2D eigenvalue weighted by molar-refractivity contribution is -0.120. The molecule has 25 heavy (non-hydrogen) atoms. The summed E-state index contributed by atoms with van der Waals surface area (Å²) < 4.78 is 5.17. The first kappa shape index (κ1) is 16.7. The number of aryl methyl sites for hydroxylation is 1. The van der Waals surface area contributed by atoms with Crippen molar-refractivity contribution in [3.63, 3.8) is 0 Å². The molecule has 0 radical (unpaired) electrons. The second kappa shape index (κ2) is 7.61. The van der Waals surface area contributed by atoms with E-state index < -0.39 is 0 Å². The summed E-state index contributed by atoms with van der Waals surface area (Å²) in [5, 5.41) is 16.4. The summed E-state index contributed by atoms with van der Waals surface area (Å²) in [6.45, 7) is 2.40. The van der Waals surface area contributed by atoms with Crippen molar-refractivity contribution >= 4 is 5.91 Å². The standard InChI is InChI=1S/C19H19N3O3/c1-13-6-2-4-8-15(13)19-21-18(25-22-19)12-17(24)20-11-10-14-7-3-5-9-16(14)23/h2-9,23H,10-12H2,1H3,(H,20,24). The second-order valence-electron chi connectivity index (χ2n) is 5.73. The summed E-state index contributed by atoms with van der Waals surface area (Å²) in [4.78, 5) is 16.3. The van der Waals surface area contributed by atoms with E-state index in [1.54, 1.807) is 12.1 Å². The van der Waals surface area contributed by atoms with E-state index in [0.29, 0.717) is 18.8 Å². The highest BCUT2D eigenvalue weighted by molar-refractivity contribution is 5.77. The van der Waals surface area contributed by atoms with Gasteiger partial charge in [-0.2, -0.15) is 4.98 Å². The Morgan fingerprint density at radius 2 is 1.92 bits per heavy atom. The summed E-state index contributed by atoms with van der Waals surface area (Å²) >= 11 is 0. The number of rotatable bonds is 6. The van der Waals surface area contributed by atoms with Crippen molar-refractivity contribution in [1.29, 1.82) is 0 Å². The average molecular weight is 337 g/mol. The average Bonchev–Trinajstić information content (AvgIpc) is 3.05. The van der Waals surface area contributed by atoms with Crippen molar-refractivity contribution in [2.24, 2.45) is 0 Å². The number of phenolic OH excluding ortho intramolecular Hbond substituents is 1. The van der Waals surface area contributed by atoms with E-state index in [0.717, 1.165) is 16.7 Å². The van der Waals surface area contributed by atoms with Crippen LogP contribution in [0.3, 0.4) is 0 Å². The quantitative estimate of drug-likeness (QED) is 0.722. The molecule has 1 aromatic heterocycles. The summed E-state index contributed by atoms with van der Waals surface area (Å²) in [5.74, 6) is 0.792. The van der Waals surface area contributed by atoms with Crippen molar-refractivity contribution < 1.29 is 14.4 Å². The smallest absolute Gasteiger partial charge is 0.236 e. The molecule has 1 heterocycles. The zero-order chi connectivity index (χ0) is 17.6. The summed E-state index contributed by atoms with van der Waals surface area (Å²) in [5.41, 5.74) is 2.72. The van der Waals surface area contributed by atoms with Crippen LogP contribution >= 0.6 is 0 Å².